The summed E-state index contributed by atoms with van der Waals surface area (Å²) in [5.74, 6) is 1.48. The van der Waals surface area contributed by atoms with Gasteiger partial charge in [-0.3, -0.25) is 4.57 Å². The van der Waals surface area contributed by atoms with Crippen molar-refractivity contribution in [1.82, 2.24) is 9.55 Å². The number of para-hydroxylation sites is 4. The van der Waals surface area contributed by atoms with Crippen molar-refractivity contribution < 1.29 is 4.42 Å². The number of anilines is 6. The first-order chi connectivity index (χ1) is 39.3. The lowest BCUT2D eigenvalue weighted by atomic mass is 9.33. The van der Waals surface area contributed by atoms with E-state index < -0.39 is 0 Å². The van der Waals surface area contributed by atoms with Gasteiger partial charge in [-0.2, -0.15) is 0 Å². The molecule has 0 aliphatic carbocycles. The number of fused-ring (bicyclic) bond motifs is 8. The molecule has 83 heavy (non-hydrogen) atoms. The van der Waals surface area contributed by atoms with Crippen LogP contribution in [0.3, 0.4) is 0 Å². The number of hydrogen-bond donors (Lipinski definition) is 0. The normalized spacial score (nSPS) is 13.7. The maximum atomic E-state index is 7.29. The minimum atomic E-state index is -0.0613. The second-order valence-corrected chi connectivity index (χ2v) is 28.5. The van der Waals surface area contributed by atoms with Crippen LogP contribution in [0.25, 0.3) is 61.2 Å². The molecule has 0 bridgehead atoms. The average molecular weight is 1090 g/mol. The van der Waals surface area contributed by atoms with Gasteiger partial charge in [-0.1, -0.05) is 208 Å². The number of furan rings is 1. The Balaban J connectivity index is 1.07. The molecule has 0 N–H and O–H groups in total. The van der Waals surface area contributed by atoms with Crippen molar-refractivity contribution in [3.8, 4) is 28.2 Å². The molecule has 2 aliphatic rings. The van der Waals surface area contributed by atoms with Gasteiger partial charge >= 0.3 is 0 Å². The number of rotatable bonds is 7. The van der Waals surface area contributed by atoms with Gasteiger partial charge in [0.25, 0.3) is 6.71 Å². The number of aromatic nitrogens is 2. The van der Waals surface area contributed by atoms with E-state index in [-0.39, 0.29) is 28.4 Å². The molecule has 0 atom stereocenters. The summed E-state index contributed by atoms with van der Waals surface area (Å²) in [5, 5.41) is 2.14. The van der Waals surface area contributed by atoms with Gasteiger partial charge < -0.3 is 14.2 Å². The minimum Gasteiger partial charge on any atom is -0.455 e. The van der Waals surface area contributed by atoms with Gasteiger partial charge in [0.05, 0.1) is 22.3 Å². The minimum absolute atomic E-state index is 0.00309. The highest BCUT2D eigenvalue weighted by atomic mass is 16.3. The highest BCUT2D eigenvalue weighted by Gasteiger charge is 2.45. The van der Waals surface area contributed by atoms with Crippen LogP contribution in [0.2, 0.25) is 0 Å². The van der Waals surface area contributed by atoms with E-state index in [1.165, 1.54) is 78.2 Å². The van der Waals surface area contributed by atoms with Crippen LogP contribution in [0, 0.1) is 0 Å². The van der Waals surface area contributed by atoms with Crippen LogP contribution in [0.15, 0.2) is 180 Å². The number of nitrogens with zero attached hydrogens (tertiary/aromatic N) is 4. The van der Waals surface area contributed by atoms with E-state index in [2.05, 4.69) is 301 Å². The third-order valence-corrected chi connectivity index (χ3v) is 18.0. The van der Waals surface area contributed by atoms with Crippen LogP contribution in [0.5, 0.6) is 0 Å². The third kappa shape index (κ3) is 9.02. The predicted molar refractivity (Wildman–Crippen MR) is 356 cm³/mol. The molecule has 416 valence electrons. The molecule has 0 spiro atoms. The topological polar surface area (TPSA) is 37.4 Å². The number of hydrogen-bond acceptors (Lipinski definition) is 4. The predicted octanol–water partition coefficient (Wildman–Crippen LogP) is 19.8. The molecule has 2 aliphatic heterocycles. The Kier molecular flexibility index (Phi) is 12.6. The summed E-state index contributed by atoms with van der Waals surface area (Å²) in [5.41, 5.74) is 26.9. The fraction of sp³-hybridized carbons (Fsp3) is 0.286. The summed E-state index contributed by atoms with van der Waals surface area (Å²) >= 11 is 0. The largest absolute Gasteiger partial charge is 0.455 e. The van der Waals surface area contributed by atoms with Gasteiger partial charge in [0, 0.05) is 44.9 Å². The van der Waals surface area contributed by atoms with Crippen molar-refractivity contribution in [3.05, 3.63) is 209 Å². The molecule has 13 rings (SSSR count). The summed E-state index contributed by atoms with van der Waals surface area (Å²) in [6.07, 6.45) is 0. The van der Waals surface area contributed by atoms with Crippen LogP contribution < -0.4 is 26.2 Å². The monoisotopic (exact) mass is 1090 g/mol. The maximum Gasteiger partial charge on any atom is 0.252 e. The quantitative estimate of drug-likeness (QED) is 0.149. The fourth-order valence-electron chi connectivity index (χ4n) is 13.2. The highest BCUT2D eigenvalue weighted by molar-refractivity contribution is 7.00. The zero-order valence-electron chi connectivity index (χ0n) is 51.7. The van der Waals surface area contributed by atoms with Crippen molar-refractivity contribution >= 4 is 90.2 Å². The van der Waals surface area contributed by atoms with Gasteiger partial charge in [0.2, 0.25) is 0 Å². The molecule has 2 aromatic heterocycles. The molecular weight excluding hydrogens is 1010 g/mol. The first-order valence-electron chi connectivity index (χ1n) is 30.2. The van der Waals surface area contributed by atoms with Crippen LogP contribution in [0.1, 0.15) is 156 Å². The first-order valence-corrected chi connectivity index (χ1v) is 30.2. The lowest BCUT2D eigenvalue weighted by Crippen LogP contribution is -2.61. The number of benzene rings is 9. The van der Waals surface area contributed by atoms with Gasteiger partial charge in [-0.05, 0) is 173 Å². The van der Waals surface area contributed by atoms with Crippen molar-refractivity contribution in [2.24, 2.45) is 0 Å². The molecule has 0 saturated carbocycles. The molecule has 0 saturated heterocycles. The zero-order chi connectivity index (χ0) is 58.4. The van der Waals surface area contributed by atoms with Crippen LogP contribution in [-0.4, -0.2) is 16.3 Å². The summed E-state index contributed by atoms with van der Waals surface area (Å²) in [6, 6.07) is 67.1. The Hall–Kier alpha value is -8.09. The second-order valence-electron chi connectivity index (χ2n) is 28.5. The molecule has 0 amide bonds. The lowest BCUT2D eigenvalue weighted by Gasteiger charge is -2.45. The molecule has 11 aromatic rings. The average Bonchev–Trinajstić information content (AvgIpc) is 1.34. The van der Waals surface area contributed by atoms with Gasteiger partial charge in [0.15, 0.2) is 0 Å². The molecule has 6 heteroatoms. The van der Waals surface area contributed by atoms with Crippen LogP contribution in [-0.2, 0) is 21.7 Å². The summed E-state index contributed by atoms with van der Waals surface area (Å²) in [4.78, 5) is 10.6. The van der Waals surface area contributed by atoms with E-state index in [9.17, 15) is 0 Å². The van der Waals surface area contributed by atoms with E-state index in [0.29, 0.717) is 11.8 Å². The molecule has 5 nitrogen and oxygen atoms in total. The summed E-state index contributed by atoms with van der Waals surface area (Å²) in [6.45, 7) is 37.0. The van der Waals surface area contributed by atoms with Gasteiger partial charge in [0.1, 0.15) is 17.0 Å². The molecule has 0 fully saturated rings. The van der Waals surface area contributed by atoms with E-state index in [1.54, 1.807) is 0 Å². The van der Waals surface area contributed by atoms with Crippen molar-refractivity contribution in [1.29, 1.82) is 0 Å². The maximum absolute atomic E-state index is 7.29. The van der Waals surface area contributed by atoms with Crippen LogP contribution in [0.4, 0.5) is 34.1 Å². The van der Waals surface area contributed by atoms with E-state index in [0.717, 1.165) is 66.9 Å². The molecular formula is C77H79BN4O. The van der Waals surface area contributed by atoms with E-state index in [1.807, 2.05) is 0 Å². The SMILES string of the molecule is CC(C)c1cccc(C(C)C)c1-n1c(-c2cccc3c2oc2cc(-c4cc5c6c(c4)N(c4ccc(C(C)(C)C)cc4)c4ccc(C(C)(C)C)cc4B6c4cc(C(C)(C)C)ccc4N5c4ccc(C(C)(C)C)cc4)ccc23)nc2ccccc21. The Morgan fingerprint density at radius 1 is 0.434 bits per heavy atom. The third-order valence-electron chi connectivity index (χ3n) is 18.0. The Bertz CT molecular complexity index is 4200. The van der Waals surface area contributed by atoms with E-state index >= 15 is 0 Å². The molecule has 0 unspecified atom stereocenters. The smallest absolute Gasteiger partial charge is 0.252 e. The lowest BCUT2D eigenvalue weighted by molar-refractivity contribution is 0.590. The van der Waals surface area contributed by atoms with Crippen molar-refractivity contribution in [3.63, 3.8) is 0 Å². The molecule has 0 radical (unpaired) electrons. The second kappa shape index (κ2) is 19.2. The zero-order valence-corrected chi connectivity index (χ0v) is 51.7. The van der Waals surface area contributed by atoms with Crippen LogP contribution >= 0.6 is 0 Å². The van der Waals surface area contributed by atoms with E-state index in [4.69, 9.17) is 9.40 Å². The highest BCUT2D eigenvalue weighted by Crippen LogP contribution is 2.49. The van der Waals surface area contributed by atoms with Gasteiger partial charge in [-0.15, -0.1) is 0 Å². The fourth-order valence-corrected chi connectivity index (χ4v) is 13.2. The standard InChI is InChI=1S/C77H79BN4O/c1-46(2)56-21-19-22-57(47(3)4)71(56)82-66-26-18-17-25-63(66)79-73(82)60-24-20-23-59-58-38-27-48(43-69(58)83-72(59)60)49-41-67-70-68(42-49)81(55-36-30-51(31-37-55)75(8,9)10)65-40-33-53(77(14,15)16)45-62(65)78(70)61-44-52(76(11,12)13)32-39-64(61)80(67)54-34-28-50(29-35-54)74(5,6)7/h17-47H,1-16H3. The summed E-state index contributed by atoms with van der Waals surface area (Å²) < 4.78 is 9.70. The molecule has 9 aromatic carbocycles. The number of imidazole rings is 1. The first kappa shape index (κ1) is 54.2. The Morgan fingerprint density at radius 2 is 0.928 bits per heavy atom. The summed E-state index contributed by atoms with van der Waals surface area (Å²) in [7, 11) is 0. The van der Waals surface area contributed by atoms with Crippen molar-refractivity contribution in [2.75, 3.05) is 9.80 Å². The molecule has 4 heterocycles. The Morgan fingerprint density at radius 3 is 1.43 bits per heavy atom. The Labute approximate surface area is 493 Å². The van der Waals surface area contributed by atoms with Crippen molar-refractivity contribution in [2.45, 2.75) is 144 Å². The van der Waals surface area contributed by atoms with Gasteiger partial charge in [-0.25, -0.2) is 4.98 Å².